The minimum atomic E-state index is -3.28. The lowest BCUT2D eigenvalue weighted by Crippen LogP contribution is -2.44. The molecule has 118 valence electrons. The van der Waals surface area contributed by atoms with E-state index in [1.54, 1.807) is 4.31 Å². The third-order valence-electron chi connectivity index (χ3n) is 3.92. The van der Waals surface area contributed by atoms with E-state index in [-0.39, 0.29) is 11.8 Å². The Kier molecular flexibility index (Phi) is 6.06. The van der Waals surface area contributed by atoms with Gasteiger partial charge in [0.1, 0.15) is 0 Å². The third kappa shape index (κ3) is 4.71. The van der Waals surface area contributed by atoms with Crippen molar-refractivity contribution in [3.8, 4) is 0 Å². The first-order chi connectivity index (χ1) is 10.1. The number of anilines is 1. The van der Waals surface area contributed by atoms with Crippen molar-refractivity contribution >= 4 is 15.7 Å². The minimum Gasteiger partial charge on any atom is -0.313 e. The molecule has 0 aromatic heterocycles. The zero-order valence-electron chi connectivity index (χ0n) is 12.8. The lowest BCUT2D eigenvalue weighted by Gasteiger charge is -2.29. The van der Waals surface area contributed by atoms with Crippen molar-refractivity contribution in [2.75, 3.05) is 23.1 Å². The Balaban J connectivity index is 2.13. The van der Waals surface area contributed by atoms with Crippen LogP contribution < -0.4 is 9.62 Å². The van der Waals surface area contributed by atoms with Crippen molar-refractivity contribution in [3.05, 3.63) is 30.3 Å². The van der Waals surface area contributed by atoms with E-state index in [2.05, 4.69) is 12.2 Å². The van der Waals surface area contributed by atoms with Crippen LogP contribution in [0, 0.1) is 0 Å². The van der Waals surface area contributed by atoms with Crippen molar-refractivity contribution in [2.45, 2.75) is 45.1 Å². The van der Waals surface area contributed by atoms with Crippen LogP contribution in [0.25, 0.3) is 0 Å². The molecule has 0 radical (unpaired) electrons. The smallest absolute Gasteiger partial charge is 0.236 e. The topological polar surface area (TPSA) is 49.4 Å². The molecular formula is C16H26N2O2S. The molecule has 1 unspecified atom stereocenters. The van der Waals surface area contributed by atoms with Gasteiger partial charge in [-0.2, -0.15) is 0 Å². The highest BCUT2D eigenvalue weighted by Gasteiger charge is 2.27. The number of nitrogens with zero attached hydrogens (tertiary/aromatic N) is 1. The fraction of sp³-hybridized carbons (Fsp3) is 0.625. The van der Waals surface area contributed by atoms with Gasteiger partial charge in [-0.05, 0) is 37.9 Å². The molecule has 2 rings (SSSR count). The largest absolute Gasteiger partial charge is 0.313 e. The maximum Gasteiger partial charge on any atom is 0.236 e. The van der Waals surface area contributed by atoms with E-state index < -0.39 is 10.0 Å². The molecule has 0 amide bonds. The van der Waals surface area contributed by atoms with Gasteiger partial charge in [0.05, 0.1) is 11.4 Å². The molecule has 0 aliphatic carbocycles. The molecule has 1 N–H and O–H groups in total. The van der Waals surface area contributed by atoms with Crippen LogP contribution in [0.2, 0.25) is 0 Å². The van der Waals surface area contributed by atoms with Gasteiger partial charge >= 0.3 is 0 Å². The standard InChI is InChI=1S/C16H26N2O2S/c1-2-3-13-18(16-10-5-4-6-11-16)21(19,20)14-15-9-7-8-12-17-15/h4-6,10-11,15,17H,2-3,7-9,12-14H2,1H3. The molecule has 1 aliphatic heterocycles. The fourth-order valence-electron chi connectivity index (χ4n) is 2.74. The highest BCUT2D eigenvalue weighted by molar-refractivity contribution is 7.92. The van der Waals surface area contributed by atoms with E-state index in [1.807, 2.05) is 30.3 Å². The Hall–Kier alpha value is -1.07. The minimum absolute atomic E-state index is 0.0941. The average molecular weight is 310 g/mol. The van der Waals surface area contributed by atoms with Crippen molar-refractivity contribution < 1.29 is 8.42 Å². The molecule has 1 aromatic carbocycles. The normalized spacial score (nSPS) is 19.4. The Bertz CT molecular complexity index is 510. The molecule has 0 bridgehead atoms. The van der Waals surface area contributed by atoms with E-state index in [0.29, 0.717) is 6.54 Å². The predicted molar refractivity (Wildman–Crippen MR) is 88.1 cm³/mol. The van der Waals surface area contributed by atoms with Crippen LogP contribution in [0.1, 0.15) is 39.0 Å². The lowest BCUT2D eigenvalue weighted by atomic mass is 10.1. The van der Waals surface area contributed by atoms with E-state index in [1.165, 1.54) is 0 Å². The summed E-state index contributed by atoms with van der Waals surface area (Å²) < 4.78 is 27.2. The van der Waals surface area contributed by atoms with Gasteiger partial charge < -0.3 is 5.32 Å². The maximum atomic E-state index is 12.8. The summed E-state index contributed by atoms with van der Waals surface area (Å²) in [5.41, 5.74) is 0.779. The molecule has 1 aliphatic rings. The summed E-state index contributed by atoms with van der Waals surface area (Å²) in [5, 5.41) is 3.33. The first kappa shape index (κ1) is 16.3. The number of benzene rings is 1. The van der Waals surface area contributed by atoms with Crippen LogP contribution in [0.3, 0.4) is 0 Å². The number of rotatable bonds is 7. The number of para-hydroxylation sites is 1. The molecule has 21 heavy (non-hydrogen) atoms. The quantitative estimate of drug-likeness (QED) is 0.842. The van der Waals surface area contributed by atoms with E-state index >= 15 is 0 Å². The Morgan fingerprint density at radius 1 is 1.24 bits per heavy atom. The summed E-state index contributed by atoms with van der Waals surface area (Å²) in [4.78, 5) is 0. The first-order valence-electron chi connectivity index (χ1n) is 7.92. The van der Waals surface area contributed by atoms with Gasteiger partial charge in [0.25, 0.3) is 0 Å². The molecule has 1 fully saturated rings. The van der Waals surface area contributed by atoms with Crippen LogP contribution in [0.5, 0.6) is 0 Å². The second kappa shape index (κ2) is 7.80. The zero-order chi connectivity index (χ0) is 15.1. The van der Waals surface area contributed by atoms with E-state index in [9.17, 15) is 8.42 Å². The van der Waals surface area contributed by atoms with E-state index in [4.69, 9.17) is 0 Å². The molecule has 0 spiro atoms. The summed E-state index contributed by atoms with van der Waals surface area (Å²) in [6, 6.07) is 9.54. The van der Waals surface area contributed by atoms with Gasteiger partial charge in [0, 0.05) is 12.6 Å². The number of unbranched alkanes of at least 4 members (excludes halogenated alkanes) is 1. The molecular weight excluding hydrogens is 284 g/mol. The Morgan fingerprint density at radius 2 is 2.00 bits per heavy atom. The van der Waals surface area contributed by atoms with Crippen molar-refractivity contribution in [1.82, 2.24) is 5.32 Å². The van der Waals surface area contributed by atoms with Crippen molar-refractivity contribution in [2.24, 2.45) is 0 Å². The average Bonchev–Trinajstić information content (AvgIpc) is 2.49. The third-order valence-corrected chi connectivity index (χ3v) is 5.81. The second-order valence-electron chi connectivity index (χ2n) is 5.69. The van der Waals surface area contributed by atoms with Crippen molar-refractivity contribution in [3.63, 3.8) is 0 Å². The highest BCUT2D eigenvalue weighted by Crippen LogP contribution is 2.20. The molecule has 1 atom stereocenters. The number of piperidine rings is 1. The van der Waals surface area contributed by atoms with Gasteiger partial charge in [0.15, 0.2) is 0 Å². The molecule has 1 saturated heterocycles. The van der Waals surface area contributed by atoms with Crippen molar-refractivity contribution in [1.29, 1.82) is 0 Å². The summed E-state index contributed by atoms with van der Waals surface area (Å²) in [6.07, 6.45) is 5.09. The van der Waals surface area contributed by atoms with Crippen LogP contribution in [0.4, 0.5) is 5.69 Å². The van der Waals surface area contributed by atoms with E-state index in [0.717, 1.165) is 44.3 Å². The fourth-order valence-corrected chi connectivity index (χ4v) is 4.56. The SMILES string of the molecule is CCCCN(c1ccccc1)S(=O)(=O)CC1CCCCN1. The molecule has 4 nitrogen and oxygen atoms in total. The van der Waals surface area contributed by atoms with Gasteiger partial charge in [-0.15, -0.1) is 0 Å². The summed E-state index contributed by atoms with van der Waals surface area (Å²) >= 11 is 0. The number of hydrogen-bond donors (Lipinski definition) is 1. The molecule has 5 heteroatoms. The van der Waals surface area contributed by atoms with Gasteiger partial charge in [-0.25, -0.2) is 8.42 Å². The van der Waals surface area contributed by atoms with Crippen LogP contribution >= 0.6 is 0 Å². The molecule has 1 aromatic rings. The maximum absolute atomic E-state index is 12.8. The predicted octanol–water partition coefficient (Wildman–Crippen LogP) is 2.77. The first-order valence-corrected chi connectivity index (χ1v) is 9.53. The monoisotopic (exact) mass is 310 g/mol. The molecule has 0 saturated carbocycles. The summed E-state index contributed by atoms with van der Waals surface area (Å²) in [6.45, 7) is 3.58. The Morgan fingerprint density at radius 3 is 2.62 bits per heavy atom. The van der Waals surface area contributed by atoms with Crippen LogP contribution in [-0.4, -0.2) is 33.3 Å². The number of hydrogen-bond acceptors (Lipinski definition) is 3. The lowest BCUT2D eigenvalue weighted by molar-refractivity contribution is 0.423. The van der Waals surface area contributed by atoms with Crippen LogP contribution in [0.15, 0.2) is 30.3 Å². The summed E-state index contributed by atoms with van der Waals surface area (Å²) in [7, 11) is -3.28. The highest BCUT2D eigenvalue weighted by atomic mass is 32.2. The Labute approximate surface area is 128 Å². The number of nitrogens with one attached hydrogen (secondary N) is 1. The number of sulfonamides is 1. The van der Waals surface area contributed by atoms with Gasteiger partial charge in [0.2, 0.25) is 10.0 Å². The summed E-state index contributed by atoms with van der Waals surface area (Å²) in [5.74, 6) is 0.200. The van der Waals surface area contributed by atoms with Crippen LogP contribution in [-0.2, 0) is 10.0 Å². The molecule has 1 heterocycles. The van der Waals surface area contributed by atoms with Gasteiger partial charge in [-0.1, -0.05) is 38.0 Å². The second-order valence-corrected chi connectivity index (χ2v) is 7.62. The van der Waals surface area contributed by atoms with Gasteiger partial charge in [-0.3, -0.25) is 4.31 Å². The zero-order valence-corrected chi connectivity index (χ0v) is 13.6.